The van der Waals surface area contributed by atoms with E-state index in [1.54, 1.807) is 4.90 Å². The molecule has 1 aliphatic heterocycles. The van der Waals surface area contributed by atoms with E-state index in [-0.39, 0.29) is 11.8 Å². The lowest BCUT2D eigenvalue weighted by molar-refractivity contribution is -0.117. The maximum Gasteiger partial charge on any atom is 0.227 e. The average Bonchev–Trinajstić information content (AvgIpc) is 3.08. The van der Waals surface area contributed by atoms with E-state index < -0.39 is 0 Å². The van der Waals surface area contributed by atoms with Crippen LogP contribution in [0.4, 0.5) is 11.4 Å². The molecule has 5 heteroatoms. The van der Waals surface area contributed by atoms with E-state index in [0.29, 0.717) is 31.7 Å². The second kappa shape index (κ2) is 9.21. The van der Waals surface area contributed by atoms with Crippen molar-refractivity contribution in [3.63, 3.8) is 0 Å². The molecule has 0 atom stereocenters. The molecule has 1 saturated heterocycles. The SMILES string of the molecule is Cc1cccc(OCCCCC(=O)Nc2ccccc2N2CCCC2=O)c1. The van der Waals surface area contributed by atoms with Gasteiger partial charge in [0.25, 0.3) is 0 Å². The quantitative estimate of drug-likeness (QED) is 0.708. The van der Waals surface area contributed by atoms with Crippen LogP contribution >= 0.6 is 0 Å². The van der Waals surface area contributed by atoms with E-state index in [1.165, 1.54) is 5.56 Å². The molecular formula is C22H26N2O3. The maximum atomic E-state index is 12.3. The van der Waals surface area contributed by atoms with E-state index in [1.807, 2.05) is 55.5 Å². The lowest BCUT2D eigenvalue weighted by atomic mass is 10.2. The zero-order valence-corrected chi connectivity index (χ0v) is 15.7. The highest BCUT2D eigenvalue weighted by Gasteiger charge is 2.24. The standard InChI is InChI=1S/C22H26N2O3/c1-17-8-6-9-18(16-17)27-15-5-4-12-21(25)23-19-10-2-3-11-20(19)24-14-7-13-22(24)26/h2-3,6,8-11,16H,4-5,7,12-15H2,1H3,(H,23,25). The molecule has 27 heavy (non-hydrogen) atoms. The molecule has 0 unspecified atom stereocenters. The molecule has 0 radical (unpaired) electrons. The Kier molecular flexibility index (Phi) is 6.47. The largest absolute Gasteiger partial charge is 0.494 e. The van der Waals surface area contributed by atoms with Crippen molar-refractivity contribution >= 4 is 23.2 Å². The molecule has 5 nitrogen and oxygen atoms in total. The maximum absolute atomic E-state index is 12.3. The Hall–Kier alpha value is -2.82. The predicted molar refractivity (Wildman–Crippen MR) is 107 cm³/mol. The van der Waals surface area contributed by atoms with Crippen molar-refractivity contribution in [2.24, 2.45) is 0 Å². The number of benzene rings is 2. The van der Waals surface area contributed by atoms with Gasteiger partial charge in [0.1, 0.15) is 5.75 Å². The molecule has 2 aromatic carbocycles. The summed E-state index contributed by atoms with van der Waals surface area (Å²) in [6.45, 7) is 3.34. The molecular weight excluding hydrogens is 340 g/mol. The van der Waals surface area contributed by atoms with Gasteiger partial charge in [-0.05, 0) is 56.0 Å². The third-order valence-corrected chi connectivity index (χ3v) is 4.60. The second-order valence-electron chi connectivity index (χ2n) is 6.84. The Balaban J connectivity index is 1.44. The van der Waals surface area contributed by atoms with Gasteiger partial charge in [0, 0.05) is 19.4 Å². The summed E-state index contributed by atoms with van der Waals surface area (Å²) in [5.74, 6) is 0.943. The fourth-order valence-electron chi connectivity index (χ4n) is 3.21. The number of ether oxygens (including phenoxy) is 1. The molecule has 2 amide bonds. The molecule has 0 bridgehead atoms. The van der Waals surface area contributed by atoms with Crippen molar-refractivity contribution in [1.29, 1.82) is 0 Å². The summed E-state index contributed by atoms with van der Waals surface area (Å²) in [7, 11) is 0. The Morgan fingerprint density at radius 2 is 2.00 bits per heavy atom. The first-order valence-electron chi connectivity index (χ1n) is 9.52. The highest BCUT2D eigenvalue weighted by atomic mass is 16.5. The van der Waals surface area contributed by atoms with Crippen LogP contribution in [0.15, 0.2) is 48.5 Å². The number of nitrogens with zero attached hydrogens (tertiary/aromatic N) is 1. The molecule has 1 heterocycles. The molecule has 0 aromatic heterocycles. The fourth-order valence-corrected chi connectivity index (χ4v) is 3.21. The highest BCUT2D eigenvalue weighted by Crippen LogP contribution is 2.29. The minimum atomic E-state index is -0.0374. The van der Waals surface area contributed by atoms with Gasteiger partial charge >= 0.3 is 0 Å². The monoisotopic (exact) mass is 366 g/mol. The summed E-state index contributed by atoms with van der Waals surface area (Å²) < 4.78 is 5.71. The van der Waals surface area contributed by atoms with Crippen LogP contribution in [0.5, 0.6) is 5.75 Å². The number of carbonyl (C=O) groups is 2. The van der Waals surface area contributed by atoms with Crippen LogP contribution in [-0.4, -0.2) is 25.0 Å². The number of para-hydroxylation sites is 2. The minimum Gasteiger partial charge on any atom is -0.494 e. The first kappa shape index (κ1) is 19.0. The Morgan fingerprint density at radius 1 is 1.15 bits per heavy atom. The lowest BCUT2D eigenvalue weighted by Crippen LogP contribution is -2.25. The van der Waals surface area contributed by atoms with Crippen molar-refractivity contribution in [2.45, 2.75) is 39.0 Å². The van der Waals surface area contributed by atoms with Crippen LogP contribution in [-0.2, 0) is 9.59 Å². The van der Waals surface area contributed by atoms with Gasteiger partial charge in [0.15, 0.2) is 0 Å². The van der Waals surface area contributed by atoms with Crippen molar-refractivity contribution in [2.75, 3.05) is 23.4 Å². The molecule has 2 aromatic rings. The van der Waals surface area contributed by atoms with Crippen LogP contribution in [0.25, 0.3) is 0 Å². The first-order valence-corrected chi connectivity index (χ1v) is 9.52. The van der Waals surface area contributed by atoms with E-state index in [9.17, 15) is 9.59 Å². The molecule has 1 fully saturated rings. The Bertz CT molecular complexity index is 804. The summed E-state index contributed by atoms with van der Waals surface area (Å²) in [6, 6.07) is 15.4. The lowest BCUT2D eigenvalue weighted by Gasteiger charge is -2.20. The molecule has 3 rings (SSSR count). The van der Waals surface area contributed by atoms with Crippen molar-refractivity contribution in [3.05, 3.63) is 54.1 Å². The highest BCUT2D eigenvalue weighted by molar-refractivity contribution is 6.02. The Labute approximate surface area is 160 Å². The molecule has 1 aliphatic rings. The zero-order chi connectivity index (χ0) is 19.1. The number of hydrogen-bond donors (Lipinski definition) is 1. The molecule has 1 N–H and O–H groups in total. The predicted octanol–water partition coefficient (Wildman–Crippen LogP) is 4.31. The minimum absolute atomic E-state index is 0.0374. The van der Waals surface area contributed by atoms with Gasteiger partial charge in [-0.15, -0.1) is 0 Å². The number of anilines is 2. The molecule has 0 spiro atoms. The van der Waals surface area contributed by atoms with Crippen molar-refractivity contribution in [1.82, 2.24) is 0 Å². The summed E-state index contributed by atoms with van der Waals surface area (Å²) in [5, 5.41) is 2.95. The van der Waals surface area contributed by atoms with Gasteiger partial charge in [0.05, 0.1) is 18.0 Å². The summed E-state index contributed by atoms with van der Waals surface area (Å²) in [4.78, 5) is 26.0. The number of nitrogens with one attached hydrogen (secondary N) is 1. The summed E-state index contributed by atoms with van der Waals surface area (Å²) >= 11 is 0. The number of hydrogen-bond acceptors (Lipinski definition) is 3. The van der Waals surface area contributed by atoms with Gasteiger partial charge in [-0.2, -0.15) is 0 Å². The van der Waals surface area contributed by atoms with Crippen LogP contribution in [0.1, 0.15) is 37.7 Å². The third kappa shape index (κ3) is 5.33. The van der Waals surface area contributed by atoms with Gasteiger partial charge in [-0.1, -0.05) is 24.3 Å². The van der Waals surface area contributed by atoms with Crippen LogP contribution < -0.4 is 15.0 Å². The van der Waals surface area contributed by atoms with Gasteiger partial charge in [0.2, 0.25) is 11.8 Å². The van der Waals surface area contributed by atoms with E-state index in [4.69, 9.17) is 4.74 Å². The van der Waals surface area contributed by atoms with Gasteiger partial charge in [-0.25, -0.2) is 0 Å². The Morgan fingerprint density at radius 3 is 2.78 bits per heavy atom. The topological polar surface area (TPSA) is 58.6 Å². The smallest absolute Gasteiger partial charge is 0.227 e. The van der Waals surface area contributed by atoms with Crippen molar-refractivity contribution in [3.8, 4) is 5.75 Å². The zero-order valence-electron chi connectivity index (χ0n) is 15.7. The normalized spacial score (nSPS) is 13.7. The van der Waals surface area contributed by atoms with E-state index in [0.717, 1.165) is 30.7 Å². The molecule has 142 valence electrons. The van der Waals surface area contributed by atoms with E-state index in [2.05, 4.69) is 5.32 Å². The second-order valence-corrected chi connectivity index (χ2v) is 6.84. The van der Waals surface area contributed by atoms with Gasteiger partial charge in [-0.3, -0.25) is 9.59 Å². The molecule has 0 saturated carbocycles. The first-order chi connectivity index (χ1) is 13.1. The van der Waals surface area contributed by atoms with E-state index >= 15 is 0 Å². The number of carbonyl (C=O) groups excluding carboxylic acids is 2. The summed E-state index contributed by atoms with van der Waals surface area (Å²) in [6.07, 6.45) is 3.43. The third-order valence-electron chi connectivity index (χ3n) is 4.60. The number of aryl methyl sites for hydroxylation is 1. The number of rotatable bonds is 8. The van der Waals surface area contributed by atoms with Crippen molar-refractivity contribution < 1.29 is 14.3 Å². The number of unbranched alkanes of at least 4 members (excludes halogenated alkanes) is 1. The van der Waals surface area contributed by atoms with Crippen LogP contribution in [0.2, 0.25) is 0 Å². The van der Waals surface area contributed by atoms with Crippen LogP contribution in [0, 0.1) is 6.92 Å². The number of amides is 2. The average molecular weight is 366 g/mol. The fraction of sp³-hybridized carbons (Fsp3) is 0.364. The summed E-state index contributed by atoms with van der Waals surface area (Å²) in [5.41, 5.74) is 2.66. The molecule has 0 aliphatic carbocycles. The van der Waals surface area contributed by atoms with Gasteiger partial charge < -0.3 is 15.0 Å². The van der Waals surface area contributed by atoms with Crippen LogP contribution in [0.3, 0.4) is 0 Å².